The number of hydrogen-bond donors (Lipinski definition) is 2. The molecule has 90 valence electrons. The minimum absolute atomic E-state index is 0.0742. The van der Waals surface area contributed by atoms with Crippen LogP contribution in [0, 0.1) is 13.8 Å². The molecule has 0 aliphatic heterocycles. The van der Waals surface area contributed by atoms with Crippen molar-refractivity contribution in [2.75, 3.05) is 13.2 Å². The summed E-state index contributed by atoms with van der Waals surface area (Å²) in [5.74, 6) is 5.56. The lowest BCUT2D eigenvalue weighted by molar-refractivity contribution is 0.112. The minimum atomic E-state index is 0.0742. The lowest BCUT2D eigenvalue weighted by Gasteiger charge is -2.17. The van der Waals surface area contributed by atoms with Gasteiger partial charge in [-0.25, -0.2) is 0 Å². The van der Waals surface area contributed by atoms with E-state index in [-0.39, 0.29) is 6.04 Å². The average molecular weight is 222 g/mol. The van der Waals surface area contributed by atoms with Gasteiger partial charge < -0.3 is 4.74 Å². The fourth-order valence-corrected chi connectivity index (χ4v) is 1.80. The molecule has 0 fully saturated rings. The molecular weight excluding hydrogens is 200 g/mol. The Kier molecular flexibility index (Phi) is 5.46. The van der Waals surface area contributed by atoms with Crippen molar-refractivity contribution in [3.05, 3.63) is 34.9 Å². The quantitative estimate of drug-likeness (QED) is 0.441. The third-order valence-corrected chi connectivity index (χ3v) is 2.48. The first-order valence-electron chi connectivity index (χ1n) is 5.79. The van der Waals surface area contributed by atoms with Crippen LogP contribution in [0.5, 0.6) is 0 Å². The average Bonchev–Trinajstić information content (AvgIpc) is 2.23. The first-order valence-corrected chi connectivity index (χ1v) is 5.79. The first-order chi connectivity index (χ1) is 7.67. The highest BCUT2D eigenvalue weighted by atomic mass is 16.5. The van der Waals surface area contributed by atoms with Gasteiger partial charge >= 0.3 is 0 Å². The van der Waals surface area contributed by atoms with Crippen LogP contribution in [-0.2, 0) is 4.74 Å². The van der Waals surface area contributed by atoms with E-state index < -0.39 is 0 Å². The van der Waals surface area contributed by atoms with Crippen LogP contribution < -0.4 is 11.3 Å². The lowest BCUT2D eigenvalue weighted by atomic mass is 10.0. The molecule has 0 bridgehead atoms. The first kappa shape index (κ1) is 13.2. The van der Waals surface area contributed by atoms with Crippen LogP contribution in [0.4, 0.5) is 0 Å². The molecule has 0 aliphatic carbocycles. The molecule has 3 nitrogen and oxygen atoms in total. The Hall–Kier alpha value is -0.900. The Labute approximate surface area is 98.0 Å². The second-order valence-electron chi connectivity index (χ2n) is 4.22. The summed E-state index contributed by atoms with van der Waals surface area (Å²) in [6.07, 6.45) is 1.03. The van der Waals surface area contributed by atoms with Crippen molar-refractivity contribution in [2.24, 2.45) is 5.84 Å². The number of hydrazine groups is 1. The molecule has 1 atom stereocenters. The number of nitrogens with one attached hydrogen (secondary N) is 1. The van der Waals surface area contributed by atoms with Gasteiger partial charge in [-0.2, -0.15) is 0 Å². The summed E-state index contributed by atoms with van der Waals surface area (Å²) in [7, 11) is 0. The standard InChI is InChI=1S/C13H22N2O/c1-4-5-16-9-13(15-14)12-7-10(2)6-11(3)8-12/h6-8,13,15H,4-5,9,14H2,1-3H3. The van der Waals surface area contributed by atoms with E-state index in [1.165, 1.54) is 16.7 Å². The molecule has 1 unspecified atom stereocenters. The van der Waals surface area contributed by atoms with Crippen LogP contribution in [0.25, 0.3) is 0 Å². The Morgan fingerprint density at radius 1 is 1.25 bits per heavy atom. The van der Waals surface area contributed by atoms with Gasteiger partial charge in [0.15, 0.2) is 0 Å². The summed E-state index contributed by atoms with van der Waals surface area (Å²) in [5, 5.41) is 0. The third-order valence-electron chi connectivity index (χ3n) is 2.48. The predicted octanol–water partition coefficient (Wildman–Crippen LogP) is 2.23. The van der Waals surface area contributed by atoms with E-state index in [0.717, 1.165) is 13.0 Å². The van der Waals surface area contributed by atoms with E-state index in [1.807, 2.05) is 0 Å². The molecule has 3 N–H and O–H groups in total. The lowest BCUT2D eigenvalue weighted by Crippen LogP contribution is -2.31. The zero-order valence-electron chi connectivity index (χ0n) is 10.4. The summed E-state index contributed by atoms with van der Waals surface area (Å²) < 4.78 is 5.53. The van der Waals surface area contributed by atoms with Crippen molar-refractivity contribution in [3.8, 4) is 0 Å². The Balaban J connectivity index is 2.70. The van der Waals surface area contributed by atoms with Crippen molar-refractivity contribution in [1.29, 1.82) is 0 Å². The number of ether oxygens (including phenoxy) is 1. The molecule has 1 rings (SSSR count). The van der Waals surface area contributed by atoms with E-state index in [4.69, 9.17) is 10.6 Å². The highest BCUT2D eigenvalue weighted by Crippen LogP contribution is 2.16. The van der Waals surface area contributed by atoms with Gasteiger partial charge in [-0.1, -0.05) is 36.2 Å². The molecule has 0 spiro atoms. The maximum Gasteiger partial charge on any atom is 0.0694 e. The van der Waals surface area contributed by atoms with Gasteiger partial charge in [-0.15, -0.1) is 0 Å². The molecule has 0 saturated carbocycles. The Bertz CT molecular complexity index is 305. The van der Waals surface area contributed by atoms with Crippen molar-refractivity contribution in [3.63, 3.8) is 0 Å². The number of rotatable bonds is 6. The second-order valence-corrected chi connectivity index (χ2v) is 4.22. The smallest absolute Gasteiger partial charge is 0.0694 e. The summed E-state index contributed by atoms with van der Waals surface area (Å²) in [5.41, 5.74) is 6.51. The van der Waals surface area contributed by atoms with Crippen LogP contribution in [-0.4, -0.2) is 13.2 Å². The van der Waals surface area contributed by atoms with Gasteiger partial charge in [0.2, 0.25) is 0 Å². The molecule has 0 amide bonds. The van der Waals surface area contributed by atoms with E-state index in [2.05, 4.69) is 44.4 Å². The molecular formula is C13H22N2O. The molecule has 3 heteroatoms. The van der Waals surface area contributed by atoms with E-state index in [1.54, 1.807) is 0 Å². The fraction of sp³-hybridized carbons (Fsp3) is 0.538. The van der Waals surface area contributed by atoms with Crippen molar-refractivity contribution < 1.29 is 4.74 Å². The molecule has 0 aromatic heterocycles. The topological polar surface area (TPSA) is 47.3 Å². The number of nitrogens with two attached hydrogens (primary N) is 1. The van der Waals surface area contributed by atoms with Crippen molar-refractivity contribution in [1.82, 2.24) is 5.43 Å². The largest absolute Gasteiger partial charge is 0.379 e. The van der Waals surface area contributed by atoms with Gasteiger partial charge in [0.25, 0.3) is 0 Å². The van der Waals surface area contributed by atoms with Gasteiger partial charge in [-0.05, 0) is 25.8 Å². The maximum atomic E-state index is 5.56. The summed E-state index contributed by atoms with van der Waals surface area (Å²) in [4.78, 5) is 0. The Morgan fingerprint density at radius 3 is 2.38 bits per heavy atom. The van der Waals surface area contributed by atoms with E-state index in [0.29, 0.717) is 6.61 Å². The van der Waals surface area contributed by atoms with Crippen molar-refractivity contribution in [2.45, 2.75) is 33.2 Å². The second kappa shape index (κ2) is 6.63. The van der Waals surface area contributed by atoms with Gasteiger partial charge in [0.1, 0.15) is 0 Å². The fourth-order valence-electron chi connectivity index (χ4n) is 1.80. The number of hydrogen-bond acceptors (Lipinski definition) is 3. The number of benzene rings is 1. The highest BCUT2D eigenvalue weighted by molar-refractivity contribution is 5.30. The van der Waals surface area contributed by atoms with Crippen LogP contribution in [0.1, 0.15) is 36.1 Å². The minimum Gasteiger partial charge on any atom is -0.379 e. The van der Waals surface area contributed by atoms with Crippen LogP contribution in [0.3, 0.4) is 0 Å². The van der Waals surface area contributed by atoms with E-state index >= 15 is 0 Å². The SMILES string of the molecule is CCCOCC(NN)c1cc(C)cc(C)c1. The van der Waals surface area contributed by atoms with Gasteiger partial charge in [-0.3, -0.25) is 11.3 Å². The molecule has 0 heterocycles. The summed E-state index contributed by atoms with van der Waals surface area (Å²) in [6.45, 7) is 7.69. The molecule has 0 aliphatic rings. The van der Waals surface area contributed by atoms with Crippen LogP contribution >= 0.6 is 0 Å². The third kappa shape index (κ3) is 3.93. The molecule has 0 radical (unpaired) electrons. The summed E-state index contributed by atoms with van der Waals surface area (Å²) >= 11 is 0. The molecule has 0 saturated heterocycles. The van der Waals surface area contributed by atoms with E-state index in [9.17, 15) is 0 Å². The van der Waals surface area contributed by atoms with Crippen molar-refractivity contribution >= 4 is 0 Å². The molecule has 1 aromatic carbocycles. The van der Waals surface area contributed by atoms with Gasteiger partial charge in [0, 0.05) is 6.61 Å². The molecule has 1 aromatic rings. The predicted molar refractivity (Wildman–Crippen MR) is 67.1 cm³/mol. The Morgan fingerprint density at radius 2 is 1.88 bits per heavy atom. The maximum absolute atomic E-state index is 5.56. The summed E-state index contributed by atoms with van der Waals surface area (Å²) in [6, 6.07) is 6.52. The monoisotopic (exact) mass is 222 g/mol. The normalized spacial score (nSPS) is 12.8. The van der Waals surface area contributed by atoms with Crippen LogP contribution in [0.15, 0.2) is 18.2 Å². The highest BCUT2D eigenvalue weighted by Gasteiger charge is 2.10. The molecule has 16 heavy (non-hydrogen) atoms. The van der Waals surface area contributed by atoms with Crippen LogP contribution in [0.2, 0.25) is 0 Å². The zero-order valence-corrected chi connectivity index (χ0v) is 10.4. The van der Waals surface area contributed by atoms with Gasteiger partial charge in [0.05, 0.1) is 12.6 Å². The zero-order chi connectivity index (χ0) is 12.0. The number of aryl methyl sites for hydroxylation is 2.